The molecule has 1 N–H and O–H groups in total. The Morgan fingerprint density at radius 2 is 1.85 bits per heavy atom. The Kier molecular flexibility index (Phi) is 9.21. The third-order valence-electron chi connectivity index (χ3n) is 6.99. The van der Waals surface area contributed by atoms with Gasteiger partial charge in [0.25, 0.3) is 15.9 Å². The smallest absolute Gasteiger partial charge is 0.261 e. The van der Waals surface area contributed by atoms with E-state index in [4.69, 9.17) is 9.47 Å². The van der Waals surface area contributed by atoms with Gasteiger partial charge in [0, 0.05) is 58.3 Å². The van der Waals surface area contributed by atoms with Crippen LogP contribution >= 0.6 is 0 Å². The fourth-order valence-electron chi connectivity index (χ4n) is 4.67. The third kappa shape index (κ3) is 7.14. The average Bonchev–Trinajstić information content (AvgIpc) is 2.94. The quantitative estimate of drug-likeness (QED) is 0.495. The van der Waals surface area contributed by atoms with Crippen LogP contribution < -0.4 is 9.46 Å². The zero-order valence-corrected chi connectivity index (χ0v) is 23.6. The predicted molar refractivity (Wildman–Crippen MR) is 150 cm³/mol. The molecule has 3 atom stereocenters. The van der Waals surface area contributed by atoms with Crippen molar-refractivity contribution >= 4 is 21.6 Å². The molecule has 1 aromatic heterocycles. The molecular formula is C29H36N4O5S. The number of likely N-dealkylation sites (N-methyl/N-ethyl adjacent to an activating group) is 1. The molecule has 0 spiro atoms. The van der Waals surface area contributed by atoms with Crippen molar-refractivity contribution in [1.82, 2.24) is 14.8 Å². The van der Waals surface area contributed by atoms with Gasteiger partial charge in [0.15, 0.2) is 0 Å². The Morgan fingerprint density at radius 1 is 1.08 bits per heavy atom. The van der Waals surface area contributed by atoms with Gasteiger partial charge in [-0.15, -0.1) is 0 Å². The van der Waals surface area contributed by atoms with E-state index in [1.54, 1.807) is 61.7 Å². The number of pyridine rings is 1. The minimum Gasteiger partial charge on any atom is -0.491 e. The zero-order valence-electron chi connectivity index (χ0n) is 22.8. The van der Waals surface area contributed by atoms with Crippen LogP contribution in [0.4, 0.5) is 5.69 Å². The van der Waals surface area contributed by atoms with E-state index in [-0.39, 0.29) is 28.9 Å². The molecule has 1 amide bonds. The Bertz CT molecular complexity index is 1350. The SMILES string of the molecule is CO[C@H]1CN(C)C(=O)c2ccc(NS(=O)(=O)c3ccccc3)cc2OC[C@H](C)N(Cc2cccnc2)C[C@@H]1C. The summed E-state index contributed by atoms with van der Waals surface area (Å²) in [6.07, 6.45) is 3.43. The predicted octanol–water partition coefficient (Wildman–Crippen LogP) is 3.89. The number of nitrogens with one attached hydrogen (secondary N) is 1. The van der Waals surface area contributed by atoms with Crippen LogP contribution in [-0.2, 0) is 21.3 Å². The Labute approximate surface area is 230 Å². The number of ether oxygens (including phenoxy) is 2. The van der Waals surface area contributed by atoms with Crippen LogP contribution in [0.15, 0.2) is 78.0 Å². The van der Waals surface area contributed by atoms with Crippen LogP contribution in [0.3, 0.4) is 0 Å². The first-order valence-electron chi connectivity index (χ1n) is 12.9. The molecule has 39 heavy (non-hydrogen) atoms. The number of nitrogens with zero attached hydrogens (tertiary/aromatic N) is 3. The highest BCUT2D eigenvalue weighted by molar-refractivity contribution is 7.92. The lowest BCUT2D eigenvalue weighted by molar-refractivity contribution is 0.00920. The number of methoxy groups -OCH3 is 1. The van der Waals surface area contributed by atoms with Crippen molar-refractivity contribution in [3.05, 3.63) is 84.2 Å². The lowest BCUT2D eigenvalue weighted by atomic mass is 10.0. The first-order valence-corrected chi connectivity index (χ1v) is 14.4. The number of carbonyl (C=O) groups excluding carboxylic acids is 1. The lowest BCUT2D eigenvalue weighted by Gasteiger charge is -2.36. The van der Waals surface area contributed by atoms with Crippen LogP contribution in [0.1, 0.15) is 29.8 Å². The number of fused-ring (bicyclic) bond motifs is 1. The van der Waals surface area contributed by atoms with Gasteiger partial charge in [0.2, 0.25) is 0 Å². The summed E-state index contributed by atoms with van der Waals surface area (Å²) in [6.45, 7) is 6.30. The average molecular weight is 553 g/mol. The van der Waals surface area contributed by atoms with E-state index in [0.29, 0.717) is 36.7 Å². The molecule has 10 heteroatoms. The summed E-state index contributed by atoms with van der Waals surface area (Å²) in [6, 6.07) is 16.8. The first-order chi connectivity index (χ1) is 18.7. The van der Waals surface area contributed by atoms with Crippen molar-refractivity contribution in [1.29, 1.82) is 0 Å². The maximum absolute atomic E-state index is 13.5. The molecule has 1 aliphatic heterocycles. The topological polar surface area (TPSA) is 101 Å². The fraction of sp³-hybridized carbons (Fsp3) is 0.379. The zero-order chi connectivity index (χ0) is 28.0. The van der Waals surface area contributed by atoms with Gasteiger partial charge in [-0.25, -0.2) is 8.42 Å². The first kappa shape index (κ1) is 28.5. The molecule has 0 bridgehead atoms. The molecule has 0 saturated carbocycles. The van der Waals surface area contributed by atoms with E-state index in [1.807, 2.05) is 18.3 Å². The highest BCUT2D eigenvalue weighted by Crippen LogP contribution is 2.28. The van der Waals surface area contributed by atoms with Crippen molar-refractivity contribution < 1.29 is 22.7 Å². The van der Waals surface area contributed by atoms with Crippen LogP contribution in [0, 0.1) is 5.92 Å². The number of rotatable bonds is 6. The molecule has 0 radical (unpaired) electrons. The van der Waals surface area contributed by atoms with Gasteiger partial charge >= 0.3 is 0 Å². The summed E-state index contributed by atoms with van der Waals surface area (Å²) in [5.74, 6) is 0.228. The normalized spacial score (nSPS) is 21.3. The summed E-state index contributed by atoms with van der Waals surface area (Å²) >= 11 is 0. The standard InChI is InChI=1S/C29H36N4O5S/c1-21-17-33(18-23-9-8-14-30-16-23)22(2)20-38-27-15-24(31-39(35,36)25-10-6-5-7-11-25)12-13-26(27)29(34)32(3)19-28(21)37-4/h5-16,21-22,28,31H,17-20H2,1-4H3/t21-,22-,28-/m0/s1. The molecular weight excluding hydrogens is 516 g/mol. The van der Waals surface area contributed by atoms with E-state index < -0.39 is 10.0 Å². The molecule has 1 aliphatic rings. The monoisotopic (exact) mass is 552 g/mol. The molecule has 0 unspecified atom stereocenters. The van der Waals surface area contributed by atoms with Crippen molar-refractivity contribution in [2.24, 2.45) is 5.92 Å². The highest BCUT2D eigenvalue weighted by Gasteiger charge is 2.29. The second-order valence-electron chi connectivity index (χ2n) is 10.0. The summed E-state index contributed by atoms with van der Waals surface area (Å²) in [5, 5.41) is 0. The van der Waals surface area contributed by atoms with Gasteiger partial charge in [-0.3, -0.25) is 19.4 Å². The molecule has 0 fully saturated rings. The van der Waals surface area contributed by atoms with E-state index in [9.17, 15) is 13.2 Å². The number of amides is 1. The minimum atomic E-state index is -3.81. The number of hydrogen-bond donors (Lipinski definition) is 1. The molecule has 2 heterocycles. The number of sulfonamides is 1. The summed E-state index contributed by atoms with van der Waals surface area (Å²) in [7, 11) is -0.403. The van der Waals surface area contributed by atoms with Crippen LogP contribution in [0.5, 0.6) is 5.75 Å². The molecule has 0 aliphatic carbocycles. The molecule has 0 saturated heterocycles. The maximum Gasteiger partial charge on any atom is 0.261 e. The summed E-state index contributed by atoms with van der Waals surface area (Å²) in [5.41, 5.74) is 1.75. The molecule has 208 valence electrons. The number of anilines is 1. The van der Waals surface area contributed by atoms with Crippen LogP contribution in [0.25, 0.3) is 0 Å². The largest absolute Gasteiger partial charge is 0.491 e. The second-order valence-corrected chi connectivity index (χ2v) is 11.7. The molecule has 4 rings (SSSR count). The Hall–Kier alpha value is -3.47. The van der Waals surface area contributed by atoms with Crippen LogP contribution in [-0.4, -0.2) is 75.1 Å². The van der Waals surface area contributed by atoms with Gasteiger partial charge in [0.1, 0.15) is 12.4 Å². The number of benzene rings is 2. The second kappa shape index (κ2) is 12.6. The van der Waals surface area contributed by atoms with Crippen molar-refractivity contribution in [2.75, 3.05) is 38.6 Å². The number of carbonyl (C=O) groups is 1. The van der Waals surface area contributed by atoms with E-state index in [2.05, 4.69) is 28.5 Å². The van der Waals surface area contributed by atoms with Gasteiger partial charge in [-0.1, -0.05) is 31.2 Å². The van der Waals surface area contributed by atoms with Gasteiger partial charge in [-0.05, 0) is 48.7 Å². The fourth-order valence-corrected chi connectivity index (χ4v) is 5.74. The molecule has 3 aromatic rings. The molecule has 9 nitrogen and oxygen atoms in total. The van der Waals surface area contributed by atoms with Crippen molar-refractivity contribution in [3.8, 4) is 5.75 Å². The Balaban J connectivity index is 1.66. The minimum absolute atomic E-state index is 0.0186. The van der Waals surface area contributed by atoms with Crippen molar-refractivity contribution in [2.45, 2.75) is 37.4 Å². The Morgan fingerprint density at radius 3 is 2.54 bits per heavy atom. The summed E-state index contributed by atoms with van der Waals surface area (Å²) < 4.78 is 40.5. The number of aromatic nitrogens is 1. The maximum atomic E-state index is 13.5. The van der Waals surface area contributed by atoms with E-state index >= 15 is 0 Å². The highest BCUT2D eigenvalue weighted by atomic mass is 32.2. The van der Waals surface area contributed by atoms with Gasteiger partial charge < -0.3 is 14.4 Å². The third-order valence-corrected chi connectivity index (χ3v) is 8.39. The number of hydrogen-bond acceptors (Lipinski definition) is 7. The van der Waals surface area contributed by atoms with E-state index in [1.165, 1.54) is 12.1 Å². The summed E-state index contributed by atoms with van der Waals surface area (Å²) in [4.78, 5) is 21.8. The lowest BCUT2D eigenvalue weighted by Crippen LogP contribution is -2.46. The van der Waals surface area contributed by atoms with Gasteiger partial charge in [-0.2, -0.15) is 0 Å². The van der Waals surface area contributed by atoms with E-state index in [0.717, 1.165) is 12.1 Å². The molecule has 2 aromatic carbocycles. The van der Waals surface area contributed by atoms with Gasteiger partial charge in [0.05, 0.1) is 22.3 Å². The van der Waals surface area contributed by atoms with Crippen LogP contribution in [0.2, 0.25) is 0 Å². The van der Waals surface area contributed by atoms with Crippen molar-refractivity contribution in [3.63, 3.8) is 0 Å².